The zero-order valence-corrected chi connectivity index (χ0v) is 22.5. The summed E-state index contributed by atoms with van der Waals surface area (Å²) in [5.74, 6) is 0.514. The van der Waals surface area contributed by atoms with Crippen molar-refractivity contribution in [3.8, 4) is 23.0 Å². The van der Waals surface area contributed by atoms with Gasteiger partial charge in [0.05, 0.1) is 24.8 Å². The van der Waals surface area contributed by atoms with Gasteiger partial charge < -0.3 is 33.9 Å². The number of carbonyl (C=O) groups is 2. The van der Waals surface area contributed by atoms with E-state index in [4.69, 9.17) is 18.9 Å². The van der Waals surface area contributed by atoms with Gasteiger partial charge in [-0.1, -0.05) is 19.4 Å². The minimum atomic E-state index is -0.799. The molecule has 38 heavy (non-hydrogen) atoms. The maximum atomic E-state index is 13.4. The van der Waals surface area contributed by atoms with E-state index in [9.17, 15) is 14.7 Å². The molecule has 0 radical (unpaired) electrons. The number of likely N-dealkylation sites (tertiary alicyclic amines) is 1. The molecule has 1 saturated heterocycles. The van der Waals surface area contributed by atoms with Crippen LogP contribution in [-0.4, -0.2) is 80.2 Å². The number of carbonyl (C=O) groups excluding carboxylic acids is 2. The Morgan fingerprint density at radius 1 is 1.03 bits per heavy atom. The van der Waals surface area contributed by atoms with Gasteiger partial charge >= 0.3 is 0 Å². The molecule has 2 aromatic rings. The summed E-state index contributed by atoms with van der Waals surface area (Å²) >= 11 is 0. The normalized spacial score (nSPS) is 18.2. The molecule has 9 nitrogen and oxygen atoms in total. The Kier molecular flexibility index (Phi) is 8.78. The van der Waals surface area contributed by atoms with E-state index in [0.717, 1.165) is 12.8 Å². The summed E-state index contributed by atoms with van der Waals surface area (Å²) in [7, 11) is 3.80. The van der Waals surface area contributed by atoms with E-state index in [2.05, 4.69) is 6.92 Å². The van der Waals surface area contributed by atoms with Crippen molar-refractivity contribution in [3.05, 3.63) is 53.1 Å². The minimum Gasteiger partial charge on any atom is -0.507 e. The van der Waals surface area contributed by atoms with E-state index in [0.29, 0.717) is 73.6 Å². The fourth-order valence-corrected chi connectivity index (χ4v) is 4.52. The van der Waals surface area contributed by atoms with Crippen molar-refractivity contribution in [2.45, 2.75) is 32.7 Å². The Morgan fingerprint density at radius 2 is 1.79 bits per heavy atom. The van der Waals surface area contributed by atoms with Gasteiger partial charge in [-0.05, 0) is 63.3 Å². The third-order valence-electron chi connectivity index (χ3n) is 6.48. The van der Waals surface area contributed by atoms with Gasteiger partial charge in [0.15, 0.2) is 23.0 Å². The Balaban J connectivity index is 1.80. The van der Waals surface area contributed by atoms with Gasteiger partial charge in [-0.3, -0.25) is 9.59 Å². The highest BCUT2D eigenvalue weighted by molar-refractivity contribution is 6.46. The number of amides is 1. The van der Waals surface area contributed by atoms with Crippen LogP contribution in [0.5, 0.6) is 23.0 Å². The molecule has 0 aliphatic carbocycles. The molecule has 2 aliphatic heterocycles. The van der Waals surface area contributed by atoms with Crippen molar-refractivity contribution in [1.29, 1.82) is 0 Å². The number of fused-ring (bicyclic) bond motifs is 1. The van der Waals surface area contributed by atoms with Crippen molar-refractivity contribution in [2.24, 2.45) is 0 Å². The molecule has 1 atom stereocenters. The van der Waals surface area contributed by atoms with Crippen LogP contribution in [0.1, 0.15) is 43.9 Å². The lowest BCUT2D eigenvalue weighted by Gasteiger charge is -2.27. The number of hydrogen-bond acceptors (Lipinski definition) is 8. The first-order valence-electron chi connectivity index (χ1n) is 13.1. The predicted octanol–water partition coefficient (Wildman–Crippen LogP) is 4.02. The number of nitrogens with zero attached hydrogens (tertiary/aromatic N) is 2. The minimum absolute atomic E-state index is 0.0209. The van der Waals surface area contributed by atoms with Crippen LogP contribution in [0, 0.1) is 0 Å². The molecule has 1 N–H and O–H groups in total. The molecule has 2 heterocycles. The average Bonchev–Trinajstić information content (AvgIpc) is 3.17. The summed E-state index contributed by atoms with van der Waals surface area (Å²) in [6.07, 6.45) is 1.91. The van der Waals surface area contributed by atoms with Gasteiger partial charge in [0.1, 0.15) is 19.0 Å². The Labute approximate surface area is 223 Å². The van der Waals surface area contributed by atoms with Crippen molar-refractivity contribution >= 4 is 17.4 Å². The fraction of sp³-hybridized carbons (Fsp3) is 0.448. The molecule has 1 amide bonds. The molecule has 2 aliphatic rings. The lowest BCUT2D eigenvalue weighted by atomic mass is 9.94. The first-order valence-corrected chi connectivity index (χ1v) is 13.1. The molecule has 1 fully saturated rings. The first kappa shape index (κ1) is 27.3. The zero-order chi connectivity index (χ0) is 27.2. The molecule has 0 unspecified atom stereocenters. The largest absolute Gasteiger partial charge is 0.507 e. The van der Waals surface area contributed by atoms with Gasteiger partial charge in [0.25, 0.3) is 11.7 Å². The number of Topliss-reactive ketones (excluding diaryl/α,β-unsaturated/α-hetero) is 1. The van der Waals surface area contributed by atoms with Crippen molar-refractivity contribution in [1.82, 2.24) is 9.80 Å². The number of rotatable bonds is 11. The van der Waals surface area contributed by atoms with Crippen molar-refractivity contribution in [2.75, 3.05) is 53.6 Å². The van der Waals surface area contributed by atoms with Crippen LogP contribution in [0.15, 0.2) is 42.0 Å². The lowest BCUT2D eigenvalue weighted by Crippen LogP contribution is -2.35. The van der Waals surface area contributed by atoms with Crippen LogP contribution >= 0.6 is 0 Å². The van der Waals surface area contributed by atoms with E-state index >= 15 is 0 Å². The number of hydrogen-bond donors (Lipinski definition) is 1. The smallest absolute Gasteiger partial charge is 0.295 e. The zero-order valence-electron chi connectivity index (χ0n) is 22.5. The highest BCUT2D eigenvalue weighted by Crippen LogP contribution is 2.43. The SMILES string of the molecule is CCCCOc1ccc([C@H]2/C(=C(\O)c3ccc4c(c3)OCCO4)C(=O)C(=O)N2CCN(C)C)cc1OCC. The van der Waals surface area contributed by atoms with E-state index in [1.165, 1.54) is 4.90 Å². The average molecular weight is 525 g/mol. The second-order valence-corrected chi connectivity index (χ2v) is 9.50. The molecule has 0 aromatic heterocycles. The Bertz CT molecular complexity index is 1210. The van der Waals surface area contributed by atoms with E-state index in [1.54, 1.807) is 30.3 Å². The van der Waals surface area contributed by atoms with Gasteiger partial charge in [0.2, 0.25) is 0 Å². The summed E-state index contributed by atoms with van der Waals surface area (Å²) in [5, 5.41) is 11.4. The van der Waals surface area contributed by atoms with E-state index in [-0.39, 0.29) is 11.3 Å². The first-order chi connectivity index (χ1) is 18.3. The Hall–Kier alpha value is -3.72. The third kappa shape index (κ3) is 5.72. The molecule has 4 rings (SSSR count). The summed E-state index contributed by atoms with van der Waals surface area (Å²) in [5.41, 5.74) is 1.04. The number of ether oxygens (including phenoxy) is 4. The molecule has 0 spiro atoms. The predicted molar refractivity (Wildman–Crippen MR) is 143 cm³/mol. The van der Waals surface area contributed by atoms with Gasteiger partial charge in [-0.25, -0.2) is 0 Å². The summed E-state index contributed by atoms with van der Waals surface area (Å²) in [6, 6.07) is 9.59. The number of likely N-dealkylation sites (N-methyl/N-ethyl adjacent to an activating group) is 1. The van der Waals surface area contributed by atoms with Crippen LogP contribution in [0.4, 0.5) is 0 Å². The highest BCUT2D eigenvalue weighted by Gasteiger charge is 2.46. The summed E-state index contributed by atoms with van der Waals surface area (Å²) < 4.78 is 23.0. The number of aliphatic hydroxyl groups is 1. The van der Waals surface area contributed by atoms with Crippen LogP contribution in [-0.2, 0) is 9.59 Å². The second-order valence-electron chi connectivity index (χ2n) is 9.50. The number of aliphatic hydroxyl groups excluding tert-OH is 1. The second kappa shape index (κ2) is 12.2. The van der Waals surface area contributed by atoms with Crippen LogP contribution in [0.3, 0.4) is 0 Å². The molecular formula is C29H36N2O7. The van der Waals surface area contributed by atoms with E-state index < -0.39 is 17.7 Å². The Morgan fingerprint density at radius 3 is 2.50 bits per heavy atom. The van der Waals surface area contributed by atoms with Gasteiger partial charge in [-0.2, -0.15) is 0 Å². The van der Waals surface area contributed by atoms with Crippen molar-refractivity contribution < 1.29 is 33.6 Å². The monoisotopic (exact) mass is 524 g/mol. The van der Waals surface area contributed by atoms with Crippen LogP contribution in [0.2, 0.25) is 0 Å². The van der Waals surface area contributed by atoms with Gasteiger partial charge in [0, 0.05) is 18.7 Å². The molecule has 2 aromatic carbocycles. The fourth-order valence-electron chi connectivity index (χ4n) is 4.52. The highest BCUT2D eigenvalue weighted by atomic mass is 16.6. The molecule has 0 bridgehead atoms. The molecular weight excluding hydrogens is 488 g/mol. The molecule has 204 valence electrons. The maximum Gasteiger partial charge on any atom is 0.295 e. The standard InChI is InChI=1S/C29H36N2O7/c1-5-7-14-36-21-10-8-19(17-23(21)35-6-2)26-25(28(33)29(34)31(26)13-12-30(3)4)27(32)20-9-11-22-24(18-20)38-16-15-37-22/h8-11,17-18,26,32H,5-7,12-16H2,1-4H3/b27-25+/t26-/m0/s1. The maximum absolute atomic E-state index is 13.4. The molecule has 0 saturated carbocycles. The van der Waals surface area contributed by atoms with Crippen LogP contribution < -0.4 is 18.9 Å². The number of benzene rings is 2. The quantitative estimate of drug-likeness (QED) is 0.204. The third-order valence-corrected chi connectivity index (χ3v) is 6.48. The number of unbranched alkanes of at least 4 members (excludes halogenated alkanes) is 1. The lowest BCUT2D eigenvalue weighted by molar-refractivity contribution is -0.140. The topological polar surface area (TPSA) is 97.8 Å². The van der Waals surface area contributed by atoms with E-state index in [1.807, 2.05) is 32.0 Å². The summed E-state index contributed by atoms with van der Waals surface area (Å²) in [6.45, 7) is 6.63. The summed E-state index contributed by atoms with van der Waals surface area (Å²) in [4.78, 5) is 30.1. The number of ketones is 1. The van der Waals surface area contributed by atoms with Gasteiger partial charge in [-0.15, -0.1) is 0 Å². The van der Waals surface area contributed by atoms with Crippen molar-refractivity contribution in [3.63, 3.8) is 0 Å². The molecule has 9 heteroatoms. The van der Waals surface area contributed by atoms with Crippen LogP contribution in [0.25, 0.3) is 5.76 Å².